The van der Waals surface area contributed by atoms with E-state index in [1.165, 1.54) is 18.3 Å². The van der Waals surface area contributed by atoms with Gasteiger partial charge in [0, 0.05) is 18.5 Å². The van der Waals surface area contributed by atoms with Gasteiger partial charge in [-0.05, 0) is 58.5 Å². The summed E-state index contributed by atoms with van der Waals surface area (Å²) in [5.41, 5.74) is 2.01. The molecule has 3 aromatic carbocycles. The molecule has 0 amide bonds. The highest BCUT2D eigenvalue weighted by Gasteiger charge is 2.43. The van der Waals surface area contributed by atoms with Crippen LogP contribution < -0.4 is 0 Å². The molecule has 1 aromatic heterocycles. The molecule has 0 unspecified atom stereocenters. The summed E-state index contributed by atoms with van der Waals surface area (Å²) in [4.78, 5) is 16.6. The van der Waals surface area contributed by atoms with Crippen LogP contribution >= 0.6 is 0 Å². The minimum Gasteiger partial charge on any atom is -0.299 e. The van der Waals surface area contributed by atoms with Gasteiger partial charge in [-0.2, -0.15) is 0 Å². The summed E-state index contributed by atoms with van der Waals surface area (Å²) in [7, 11) is -3.90. The Morgan fingerprint density at radius 3 is 2.52 bits per heavy atom. The predicted molar refractivity (Wildman–Crippen MR) is 125 cm³/mol. The molecule has 1 heterocycles. The third-order valence-electron chi connectivity index (χ3n) is 6.18. The van der Waals surface area contributed by atoms with Crippen LogP contribution in [-0.2, 0) is 26.8 Å². The molecule has 2 atom stereocenters. The molecule has 0 saturated heterocycles. The first-order chi connectivity index (χ1) is 15.9. The van der Waals surface area contributed by atoms with Crippen LogP contribution in [0.5, 0.6) is 0 Å². The van der Waals surface area contributed by atoms with Crippen LogP contribution in [0.3, 0.4) is 0 Å². The van der Waals surface area contributed by atoms with Crippen molar-refractivity contribution < 1.29 is 17.6 Å². The molecule has 1 saturated carbocycles. The Kier molecular flexibility index (Phi) is 5.54. The molecule has 166 valence electrons. The van der Waals surface area contributed by atoms with E-state index in [0.717, 1.165) is 16.3 Å². The van der Waals surface area contributed by atoms with Gasteiger partial charge in [-0.25, -0.2) is 12.8 Å². The summed E-state index contributed by atoms with van der Waals surface area (Å²) in [6.45, 7) is 0. The van der Waals surface area contributed by atoms with Crippen molar-refractivity contribution in [1.29, 1.82) is 0 Å². The van der Waals surface area contributed by atoms with Crippen molar-refractivity contribution in [3.05, 3.63) is 108 Å². The van der Waals surface area contributed by atoms with E-state index < -0.39 is 15.7 Å². The van der Waals surface area contributed by atoms with Crippen molar-refractivity contribution in [2.45, 2.75) is 29.4 Å². The number of halogens is 1. The van der Waals surface area contributed by atoms with Gasteiger partial charge >= 0.3 is 0 Å². The molecule has 0 aliphatic heterocycles. The molecule has 4 aromatic rings. The molecule has 33 heavy (non-hydrogen) atoms. The van der Waals surface area contributed by atoms with Crippen LogP contribution in [0.4, 0.5) is 4.39 Å². The number of ketones is 1. The molecule has 4 nitrogen and oxygen atoms in total. The molecule has 0 N–H and O–H groups in total. The number of rotatable bonds is 7. The first-order valence-corrected chi connectivity index (χ1v) is 12.5. The van der Waals surface area contributed by atoms with E-state index in [9.17, 15) is 17.6 Å². The zero-order valence-corrected chi connectivity index (χ0v) is 18.6. The smallest absolute Gasteiger partial charge is 0.186 e. The van der Waals surface area contributed by atoms with Crippen molar-refractivity contribution in [3.8, 4) is 0 Å². The fourth-order valence-corrected chi connectivity index (χ4v) is 5.74. The molecule has 6 heteroatoms. The largest absolute Gasteiger partial charge is 0.299 e. The summed E-state index contributed by atoms with van der Waals surface area (Å²) < 4.78 is 40.1. The minimum absolute atomic E-state index is 0.0812. The van der Waals surface area contributed by atoms with E-state index in [-0.39, 0.29) is 28.3 Å². The highest BCUT2D eigenvalue weighted by atomic mass is 32.2. The second kappa shape index (κ2) is 8.52. The Morgan fingerprint density at radius 2 is 1.73 bits per heavy atom. The van der Waals surface area contributed by atoms with Gasteiger partial charge in [0.25, 0.3) is 0 Å². The number of Topliss-reactive ketones (excluding diaryl/α,β-unsaturated/α-hetero) is 1. The maximum absolute atomic E-state index is 14.5. The quantitative estimate of drug-likeness (QED) is 0.378. The number of pyridine rings is 1. The highest BCUT2D eigenvalue weighted by Crippen LogP contribution is 2.49. The van der Waals surface area contributed by atoms with E-state index >= 15 is 0 Å². The molecular formula is C27H22FNO3S. The Morgan fingerprint density at radius 1 is 0.939 bits per heavy atom. The van der Waals surface area contributed by atoms with Crippen LogP contribution in [0.2, 0.25) is 0 Å². The molecule has 1 aliphatic rings. The summed E-state index contributed by atoms with van der Waals surface area (Å²) in [6.07, 6.45) is 2.49. The van der Waals surface area contributed by atoms with Gasteiger partial charge in [-0.1, -0.05) is 54.6 Å². The number of carbonyl (C=O) groups is 1. The van der Waals surface area contributed by atoms with Gasteiger partial charge in [0.15, 0.2) is 9.84 Å². The maximum atomic E-state index is 14.5. The monoisotopic (exact) mass is 459 g/mol. The lowest BCUT2D eigenvalue weighted by Gasteiger charge is -2.08. The van der Waals surface area contributed by atoms with E-state index in [1.54, 1.807) is 24.3 Å². The molecular weight excluding hydrogens is 437 g/mol. The molecule has 0 radical (unpaired) electrons. The maximum Gasteiger partial charge on any atom is 0.186 e. The Bertz CT molecular complexity index is 1450. The van der Waals surface area contributed by atoms with Crippen LogP contribution in [0.15, 0.2) is 90.0 Å². The summed E-state index contributed by atoms with van der Waals surface area (Å²) >= 11 is 0. The first-order valence-electron chi connectivity index (χ1n) is 10.8. The molecule has 1 aliphatic carbocycles. The first kappa shape index (κ1) is 21.5. The number of sulfone groups is 1. The van der Waals surface area contributed by atoms with E-state index in [2.05, 4.69) is 4.98 Å². The number of carbonyl (C=O) groups excluding carboxylic acids is 1. The number of benzene rings is 3. The van der Waals surface area contributed by atoms with Gasteiger partial charge in [0.05, 0.1) is 11.4 Å². The zero-order chi connectivity index (χ0) is 23.0. The average molecular weight is 460 g/mol. The van der Waals surface area contributed by atoms with Gasteiger partial charge in [0.2, 0.25) is 0 Å². The number of nitrogens with zero attached hydrogens (tertiary/aromatic N) is 1. The second-order valence-electron chi connectivity index (χ2n) is 8.54. The zero-order valence-electron chi connectivity index (χ0n) is 17.8. The molecule has 1 fully saturated rings. The van der Waals surface area contributed by atoms with E-state index in [4.69, 9.17) is 0 Å². The number of hydrogen-bond donors (Lipinski definition) is 0. The van der Waals surface area contributed by atoms with Crippen LogP contribution in [0.25, 0.3) is 10.8 Å². The number of fused-ring (bicyclic) bond motifs is 1. The SMILES string of the molecule is O=C(Cc1ccc2ccccc2c1)[C@@H]1C[C@H]1c1ccc(F)c(S(=O)(=O)Cc2ccccn2)c1. The number of aromatic nitrogens is 1. The van der Waals surface area contributed by atoms with Gasteiger partial charge < -0.3 is 0 Å². The standard InChI is InChI=1S/C27H22FNO3S/c28-25-11-10-21(15-27(25)33(31,32)17-22-7-3-4-12-29-22)23-16-24(23)26(30)14-18-8-9-19-5-1-2-6-20(19)13-18/h1-13,15,23-24H,14,16-17H2/t23-,24+/m0/s1. The van der Waals surface area contributed by atoms with Crippen LogP contribution in [0, 0.1) is 11.7 Å². The summed E-state index contributed by atoms with van der Waals surface area (Å²) in [5.74, 6) is -1.29. The average Bonchev–Trinajstić information content (AvgIpc) is 3.61. The lowest BCUT2D eigenvalue weighted by Crippen LogP contribution is -2.10. The third kappa shape index (κ3) is 4.57. The molecule has 0 spiro atoms. The Balaban J connectivity index is 1.32. The third-order valence-corrected chi connectivity index (χ3v) is 7.84. The molecule has 0 bridgehead atoms. The predicted octanol–water partition coefficient (Wildman–Crippen LogP) is 5.26. The van der Waals surface area contributed by atoms with Crippen molar-refractivity contribution >= 4 is 26.4 Å². The highest BCUT2D eigenvalue weighted by molar-refractivity contribution is 7.90. The van der Waals surface area contributed by atoms with Crippen molar-refractivity contribution in [1.82, 2.24) is 4.98 Å². The van der Waals surface area contributed by atoms with E-state index in [0.29, 0.717) is 24.1 Å². The normalized spacial score (nSPS) is 17.7. The summed E-state index contributed by atoms with van der Waals surface area (Å²) in [5, 5.41) is 2.22. The van der Waals surface area contributed by atoms with Gasteiger partial charge in [-0.15, -0.1) is 0 Å². The lowest BCUT2D eigenvalue weighted by molar-refractivity contribution is -0.119. The van der Waals surface area contributed by atoms with Crippen molar-refractivity contribution in [2.75, 3.05) is 0 Å². The molecule has 5 rings (SSSR count). The van der Waals surface area contributed by atoms with Crippen LogP contribution in [0.1, 0.15) is 29.2 Å². The van der Waals surface area contributed by atoms with Gasteiger partial charge in [-0.3, -0.25) is 9.78 Å². The van der Waals surface area contributed by atoms with Crippen LogP contribution in [-0.4, -0.2) is 19.2 Å². The van der Waals surface area contributed by atoms with Gasteiger partial charge in [0.1, 0.15) is 16.5 Å². The Labute approximate surface area is 192 Å². The fraction of sp³-hybridized carbons (Fsp3) is 0.185. The minimum atomic E-state index is -3.90. The second-order valence-corrected chi connectivity index (χ2v) is 10.5. The Hall–Kier alpha value is -3.38. The van der Waals surface area contributed by atoms with Crippen molar-refractivity contribution in [3.63, 3.8) is 0 Å². The topological polar surface area (TPSA) is 64.1 Å². The number of hydrogen-bond acceptors (Lipinski definition) is 4. The van der Waals surface area contributed by atoms with Crippen molar-refractivity contribution in [2.24, 2.45) is 5.92 Å². The van der Waals surface area contributed by atoms with E-state index in [1.807, 2.05) is 42.5 Å². The fourth-order valence-electron chi connectivity index (χ4n) is 4.35. The summed E-state index contributed by atoms with van der Waals surface area (Å²) in [6, 6.07) is 23.2. The lowest BCUT2D eigenvalue weighted by atomic mass is 10.00.